The monoisotopic (exact) mass is 542 g/mol. The van der Waals surface area contributed by atoms with Gasteiger partial charge in [0.15, 0.2) is 16.8 Å². The Bertz CT molecular complexity index is 1430. The van der Waals surface area contributed by atoms with E-state index in [9.17, 15) is 22.8 Å². The van der Waals surface area contributed by atoms with Crippen molar-refractivity contribution in [3.63, 3.8) is 0 Å². The van der Waals surface area contributed by atoms with Gasteiger partial charge in [0, 0.05) is 29.6 Å². The zero-order chi connectivity index (χ0) is 26.1. The molecule has 37 heavy (non-hydrogen) atoms. The Balaban J connectivity index is 1.34. The van der Waals surface area contributed by atoms with E-state index in [2.05, 4.69) is 10.3 Å². The van der Waals surface area contributed by atoms with Gasteiger partial charge in [0.25, 0.3) is 5.91 Å². The van der Waals surface area contributed by atoms with Gasteiger partial charge in [0.1, 0.15) is 11.1 Å². The number of hydrogen-bond donors (Lipinski definition) is 1. The van der Waals surface area contributed by atoms with E-state index < -0.39 is 28.7 Å². The van der Waals surface area contributed by atoms with Crippen molar-refractivity contribution in [1.29, 1.82) is 0 Å². The number of nitrogens with one attached hydrogen (secondary N) is 1. The summed E-state index contributed by atoms with van der Waals surface area (Å²) in [5, 5.41) is 8.89. The van der Waals surface area contributed by atoms with Crippen molar-refractivity contribution in [2.45, 2.75) is 24.1 Å². The summed E-state index contributed by atoms with van der Waals surface area (Å²) in [6.07, 6.45) is 0.256. The van der Waals surface area contributed by atoms with Crippen molar-refractivity contribution in [1.82, 2.24) is 5.01 Å². The molecule has 6 nitrogen and oxygen atoms in total. The molecule has 2 heterocycles. The summed E-state index contributed by atoms with van der Waals surface area (Å²) in [7, 11) is 0. The number of hydrazone groups is 1. The van der Waals surface area contributed by atoms with Crippen LogP contribution in [0.1, 0.15) is 30.0 Å². The van der Waals surface area contributed by atoms with Crippen molar-refractivity contribution in [2.75, 3.05) is 5.32 Å². The molecule has 2 aliphatic heterocycles. The Kier molecular flexibility index (Phi) is 7.03. The quantitative estimate of drug-likeness (QED) is 0.433. The molecule has 0 bridgehead atoms. The number of benzene rings is 3. The van der Waals surface area contributed by atoms with E-state index in [1.807, 2.05) is 12.1 Å². The molecule has 2 amide bonds. The molecule has 1 N–H and O–H groups in total. The lowest BCUT2D eigenvalue weighted by Gasteiger charge is -2.23. The first-order chi connectivity index (χ1) is 17.8. The van der Waals surface area contributed by atoms with Gasteiger partial charge in [-0.15, -0.1) is 0 Å². The van der Waals surface area contributed by atoms with Gasteiger partial charge in [-0.2, -0.15) is 10.1 Å². The van der Waals surface area contributed by atoms with Crippen molar-refractivity contribution in [3.8, 4) is 0 Å². The van der Waals surface area contributed by atoms with Crippen LogP contribution in [0.3, 0.4) is 0 Å². The molecule has 2 atom stereocenters. The Labute approximate surface area is 219 Å². The van der Waals surface area contributed by atoms with Gasteiger partial charge in [0.05, 0.1) is 11.8 Å². The van der Waals surface area contributed by atoms with E-state index in [0.717, 1.165) is 35.0 Å². The van der Waals surface area contributed by atoms with E-state index in [-0.39, 0.29) is 24.0 Å². The van der Waals surface area contributed by atoms with E-state index >= 15 is 0 Å². The fourth-order valence-corrected chi connectivity index (χ4v) is 5.19. The molecule has 0 saturated carbocycles. The average Bonchev–Trinajstić information content (AvgIpc) is 3.46. The van der Waals surface area contributed by atoms with Crippen LogP contribution >= 0.6 is 23.4 Å². The number of nitrogens with zero attached hydrogens (tertiary/aromatic N) is 3. The average molecular weight is 543 g/mol. The van der Waals surface area contributed by atoms with Crippen LogP contribution in [0.5, 0.6) is 0 Å². The van der Waals surface area contributed by atoms with Crippen LogP contribution < -0.4 is 5.32 Å². The van der Waals surface area contributed by atoms with Gasteiger partial charge in [-0.25, -0.2) is 18.2 Å². The minimum atomic E-state index is -1.09. The molecule has 0 spiro atoms. The normalized spacial score (nSPS) is 19.1. The predicted octanol–water partition coefficient (Wildman–Crippen LogP) is 5.94. The van der Waals surface area contributed by atoms with Gasteiger partial charge in [-0.1, -0.05) is 47.6 Å². The summed E-state index contributed by atoms with van der Waals surface area (Å²) in [4.78, 5) is 29.3. The summed E-state index contributed by atoms with van der Waals surface area (Å²) in [6, 6.07) is 15.9. The van der Waals surface area contributed by atoms with Crippen molar-refractivity contribution in [3.05, 3.63) is 100 Å². The van der Waals surface area contributed by atoms with Crippen molar-refractivity contribution >= 4 is 51.7 Å². The first-order valence-corrected chi connectivity index (χ1v) is 12.4. The molecule has 5 rings (SSSR count). The van der Waals surface area contributed by atoms with Gasteiger partial charge in [-0.3, -0.25) is 9.59 Å². The van der Waals surface area contributed by atoms with Gasteiger partial charge in [0.2, 0.25) is 5.91 Å². The Hall–Kier alpha value is -3.63. The number of amidine groups is 1. The summed E-state index contributed by atoms with van der Waals surface area (Å²) in [5.41, 5.74) is 2.40. The molecule has 0 aromatic heterocycles. The molecule has 3 aromatic carbocycles. The molecule has 0 radical (unpaired) electrons. The van der Waals surface area contributed by atoms with E-state index in [1.165, 1.54) is 18.2 Å². The smallest absolute Gasteiger partial charge is 0.262 e. The topological polar surface area (TPSA) is 74.1 Å². The minimum absolute atomic E-state index is 0.0800. The number of thioether (sulfide) groups is 1. The summed E-state index contributed by atoms with van der Waals surface area (Å²) < 4.78 is 40.0. The SMILES string of the molecule is O=C(CC1SC(N2N=C(c3ccc(F)cc3)CC2c2ccc(Cl)cc2)=NC1=O)Nc1ccc(F)c(F)c1. The Morgan fingerprint density at radius 1 is 1.03 bits per heavy atom. The van der Waals surface area contributed by atoms with Gasteiger partial charge >= 0.3 is 0 Å². The van der Waals surface area contributed by atoms with Gasteiger partial charge in [-0.05, 0) is 47.5 Å². The molecule has 0 fully saturated rings. The number of anilines is 1. The molecule has 11 heteroatoms. The molecule has 2 aliphatic rings. The number of halogens is 4. The van der Waals surface area contributed by atoms with E-state index in [0.29, 0.717) is 22.3 Å². The highest BCUT2D eigenvalue weighted by molar-refractivity contribution is 8.15. The second-order valence-corrected chi connectivity index (χ2v) is 10.00. The molecular formula is C26H18ClF3N4O2S. The molecular weight excluding hydrogens is 525 g/mol. The number of amides is 2. The lowest BCUT2D eigenvalue weighted by molar-refractivity contribution is -0.121. The fourth-order valence-electron chi connectivity index (χ4n) is 4.01. The number of carbonyl (C=O) groups excluding carboxylic acids is 2. The third kappa shape index (κ3) is 5.55. The lowest BCUT2D eigenvalue weighted by Crippen LogP contribution is -2.25. The number of rotatable bonds is 5. The first-order valence-electron chi connectivity index (χ1n) is 11.2. The van der Waals surface area contributed by atoms with Crippen LogP contribution in [-0.4, -0.2) is 33.0 Å². The Morgan fingerprint density at radius 3 is 2.46 bits per heavy atom. The summed E-state index contributed by atoms with van der Waals surface area (Å²) >= 11 is 7.15. The number of aliphatic imine (C=N–C) groups is 1. The highest BCUT2D eigenvalue weighted by atomic mass is 35.5. The zero-order valence-electron chi connectivity index (χ0n) is 19.0. The maximum absolute atomic E-state index is 13.5. The highest BCUT2D eigenvalue weighted by Crippen LogP contribution is 2.39. The highest BCUT2D eigenvalue weighted by Gasteiger charge is 2.39. The molecule has 2 unspecified atom stereocenters. The Morgan fingerprint density at radius 2 is 1.76 bits per heavy atom. The second-order valence-electron chi connectivity index (χ2n) is 8.39. The van der Waals surface area contributed by atoms with Crippen molar-refractivity contribution < 1.29 is 22.8 Å². The summed E-state index contributed by atoms with van der Waals surface area (Å²) in [6.45, 7) is 0. The molecule has 188 valence electrons. The summed E-state index contributed by atoms with van der Waals surface area (Å²) in [5.74, 6) is -3.52. The first kappa shape index (κ1) is 25.0. The maximum atomic E-state index is 13.5. The second kappa shape index (κ2) is 10.4. The van der Waals surface area contributed by atoms with E-state index in [1.54, 1.807) is 29.3 Å². The lowest BCUT2D eigenvalue weighted by atomic mass is 9.99. The molecule has 0 saturated heterocycles. The van der Waals surface area contributed by atoms with Crippen LogP contribution in [0.15, 0.2) is 76.8 Å². The molecule has 0 aliphatic carbocycles. The fraction of sp³-hybridized carbons (Fsp3) is 0.154. The van der Waals surface area contributed by atoms with Crippen LogP contribution in [0.4, 0.5) is 18.9 Å². The standard InChI is InChI=1S/C26H18ClF3N4O2S/c27-16-5-1-15(2-6-16)22-12-21(14-3-7-17(28)8-4-14)33-34(22)26-32-25(36)23(37-26)13-24(35)31-18-9-10-19(29)20(30)11-18/h1-11,22-23H,12-13H2,(H,31,35). The third-order valence-corrected chi connectivity index (χ3v) is 7.24. The largest absolute Gasteiger partial charge is 0.326 e. The zero-order valence-corrected chi connectivity index (χ0v) is 20.6. The van der Waals surface area contributed by atoms with Crippen LogP contribution in [0.25, 0.3) is 0 Å². The maximum Gasteiger partial charge on any atom is 0.262 e. The predicted molar refractivity (Wildman–Crippen MR) is 137 cm³/mol. The number of carbonyl (C=O) groups is 2. The number of hydrogen-bond acceptors (Lipinski definition) is 5. The van der Waals surface area contributed by atoms with Crippen LogP contribution in [0, 0.1) is 17.5 Å². The van der Waals surface area contributed by atoms with E-state index in [4.69, 9.17) is 16.7 Å². The third-order valence-electron chi connectivity index (χ3n) is 5.84. The molecule has 3 aromatic rings. The van der Waals surface area contributed by atoms with Crippen molar-refractivity contribution in [2.24, 2.45) is 10.1 Å². The minimum Gasteiger partial charge on any atom is -0.326 e. The van der Waals surface area contributed by atoms with Crippen LogP contribution in [0.2, 0.25) is 5.02 Å². The van der Waals surface area contributed by atoms with Crippen LogP contribution in [-0.2, 0) is 9.59 Å². The van der Waals surface area contributed by atoms with Gasteiger partial charge < -0.3 is 5.32 Å².